The Hall–Kier alpha value is -1.52. The van der Waals surface area contributed by atoms with E-state index in [1.807, 2.05) is 23.1 Å². The van der Waals surface area contributed by atoms with Gasteiger partial charge >= 0.3 is 0 Å². The molecule has 2 heterocycles. The van der Waals surface area contributed by atoms with Crippen molar-refractivity contribution in [2.24, 2.45) is 16.8 Å². The molecule has 5 heteroatoms. The number of hydrogen-bond donors (Lipinski definition) is 1. The summed E-state index contributed by atoms with van der Waals surface area (Å²) in [6.45, 7) is 11.5. The van der Waals surface area contributed by atoms with Crippen LogP contribution in [0, 0.1) is 11.8 Å². The van der Waals surface area contributed by atoms with E-state index in [4.69, 9.17) is 4.99 Å². The molecule has 0 aliphatic carbocycles. The second-order valence-corrected chi connectivity index (χ2v) is 5.86. The average Bonchev–Trinajstić information content (AvgIpc) is 2.89. The summed E-state index contributed by atoms with van der Waals surface area (Å²) in [5.74, 6) is 2.54. The Bertz CT molecular complexity index is 402. The van der Waals surface area contributed by atoms with E-state index in [0.29, 0.717) is 0 Å². The van der Waals surface area contributed by atoms with Gasteiger partial charge in [0.15, 0.2) is 5.96 Å². The van der Waals surface area contributed by atoms with Crippen LogP contribution in [0.3, 0.4) is 0 Å². The van der Waals surface area contributed by atoms with Crippen LogP contribution < -0.4 is 5.32 Å². The second kappa shape index (κ2) is 7.31. The van der Waals surface area contributed by atoms with Crippen LogP contribution in [0.1, 0.15) is 27.2 Å². The van der Waals surface area contributed by atoms with Crippen molar-refractivity contribution in [3.63, 3.8) is 0 Å². The highest BCUT2D eigenvalue weighted by Gasteiger charge is 2.23. The molecule has 0 bridgehead atoms. The first-order valence-electron chi connectivity index (χ1n) is 7.69. The molecule has 1 aromatic rings. The Kier molecular flexibility index (Phi) is 5.44. The molecule has 2 rings (SSSR count). The summed E-state index contributed by atoms with van der Waals surface area (Å²) in [7, 11) is 0. The molecule has 0 saturated carbocycles. The molecule has 112 valence electrons. The maximum absolute atomic E-state index is 4.75. The highest BCUT2D eigenvalue weighted by Crippen LogP contribution is 2.20. The molecule has 5 nitrogen and oxygen atoms in total. The van der Waals surface area contributed by atoms with Crippen LogP contribution in [-0.2, 0) is 6.54 Å². The van der Waals surface area contributed by atoms with Crippen molar-refractivity contribution < 1.29 is 0 Å². The van der Waals surface area contributed by atoms with Gasteiger partial charge in [-0.2, -0.15) is 5.10 Å². The van der Waals surface area contributed by atoms with Crippen molar-refractivity contribution in [2.75, 3.05) is 26.2 Å². The topological polar surface area (TPSA) is 45.5 Å². The third-order valence-corrected chi connectivity index (χ3v) is 3.65. The SMILES string of the molecule is CCNC(=NCCn1cccn1)N1CC(C)CC(C)C1. The molecule has 0 amide bonds. The van der Waals surface area contributed by atoms with E-state index >= 15 is 0 Å². The lowest BCUT2D eigenvalue weighted by atomic mass is 9.92. The van der Waals surface area contributed by atoms with Crippen LogP contribution >= 0.6 is 0 Å². The number of rotatable bonds is 4. The van der Waals surface area contributed by atoms with E-state index in [2.05, 4.69) is 36.1 Å². The van der Waals surface area contributed by atoms with Gasteiger partial charge in [-0.3, -0.25) is 9.67 Å². The molecular formula is C15H27N5. The molecule has 2 atom stereocenters. The molecule has 0 radical (unpaired) electrons. The molecule has 1 aliphatic heterocycles. The largest absolute Gasteiger partial charge is 0.357 e. The predicted octanol–water partition coefficient (Wildman–Crippen LogP) is 1.83. The first-order chi connectivity index (χ1) is 9.69. The maximum atomic E-state index is 4.75. The summed E-state index contributed by atoms with van der Waals surface area (Å²) < 4.78 is 1.93. The van der Waals surface area contributed by atoms with Gasteiger partial charge in [0.05, 0.1) is 13.1 Å². The van der Waals surface area contributed by atoms with Crippen LogP contribution in [0.2, 0.25) is 0 Å². The molecule has 20 heavy (non-hydrogen) atoms. The van der Waals surface area contributed by atoms with Gasteiger partial charge in [0.2, 0.25) is 0 Å². The summed E-state index contributed by atoms with van der Waals surface area (Å²) in [5, 5.41) is 7.63. The zero-order valence-electron chi connectivity index (χ0n) is 12.9. The Morgan fingerprint density at radius 3 is 2.70 bits per heavy atom. The Labute approximate surface area is 122 Å². The van der Waals surface area contributed by atoms with Crippen molar-refractivity contribution in [3.8, 4) is 0 Å². The lowest BCUT2D eigenvalue weighted by Gasteiger charge is -2.37. The van der Waals surface area contributed by atoms with E-state index in [9.17, 15) is 0 Å². The number of aliphatic imine (C=N–C) groups is 1. The fourth-order valence-electron chi connectivity index (χ4n) is 2.95. The second-order valence-electron chi connectivity index (χ2n) is 5.86. The van der Waals surface area contributed by atoms with Crippen LogP contribution in [0.15, 0.2) is 23.5 Å². The van der Waals surface area contributed by atoms with E-state index in [1.54, 1.807) is 0 Å². The fraction of sp³-hybridized carbons (Fsp3) is 0.733. The third kappa shape index (κ3) is 4.25. The quantitative estimate of drug-likeness (QED) is 0.674. The van der Waals surface area contributed by atoms with Gasteiger partial charge < -0.3 is 10.2 Å². The summed E-state index contributed by atoms with van der Waals surface area (Å²) >= 11 is 0. The van der Waals surface area contributed by atoms with Crippen LogP contribution in [0.25, 0.3) is 0 Å². The van der Waals surface area contributed by atoms with Gasteiger partial charge in [-0.25, -0.2) is 0 Å². The number of likely N-dealkylation sites (tertiary alicyclic amines) is 1. The molecule has 2 unspecified atom stereocenters. The molecule has 1 saturated heterocycles. The highest BCUT2D eigenvalue weighted by molar-refractivity contribution is 5.80. The lowest BCUT2D eigenvalue weighted by molar-refractivity contribution is 0.208. The molecular weight excluding hydrogens is 250 g/mol. The number of nitrogens with zero attached hydrogens (tertiary/aromatic N) is 4. The Morgan fingerprint density at radius 1 is 1.35 bits per heavy atom. The average molecular weight is 277 g/mol. The van der Waals surface area contributed by atoms with Gasteiger partial charge in [-0.15, -0.1) is 0 Å². The van der Waals surface area contributed by atoms with Crippen LogP contribution in [0.4, 0.5) is 0 Å². The maximum Gasteiger partial charge on any atom is 0.193 e. The zero-order valence-corrected chi connectivity index (χ0v) is 12.9. The summed E-state index contributed by atoms with van der Waals surface area (Å²) in [6, 6.07) is 1.95. The first kappa shape index (κ1) is 14.9. The van der Waals surface area contributed by atoms with Crippen molar-refractivity contribution in [2.45, 2.75) is 33.7 Å². The van der Waals surface area contributed by atoms with Crippen LogP contribution in [0.5, 0.6) is 0 Å². The van der Waals surface area contributed by atoms with Crippen molar-refractivity contribution in [1.82, 2.24) is 20.0 Å². The summed E-state index contributed by atoms with van der Waals surface area (Å²) in [4.78, 5) is 7.16. The predicted molar refractivity (Wildman–Crippen MR) is 82.7 cm³/mol. The molecule has 0 spiro atoms. The smallest absolute Gasteiger partial charge is 0.193 e. The van der Waals surface area contributed by atoms with E-state index < -0.39 is 0 Å². The number of nitrogens with one attached hydrogen (secondary N) is 1. The number of guanidine groups is 1. The molecule has 1 fully saturated rings. The molecule has 1 aromatic heterocycles. The first-order valence-corrected chi connectivity index (χ1v) is 7.69. The van der Waals surface area contributed by atoms with E-state index in [1.165, 1.54) is 6.42 Å². The lowest BCUT2D eigenvalue weighted by Crippen LogP contribution is -2.48. The van der Waals surface area contributed by atoms with E-state index in [-0.39, 0.29) is 0 Å². The minimum absolute atomic E-state index is 0.744. The van der Waals surface area contributed by atoms with Gasteiger partial charge in [0.25, 0.3) is 0 Å². The molecule has 1 aliphatic rings. The number of hydrogen-bond acceptors (Lipinski definition) is 2. The standard InChI is InChI=1S/C15H27N5/c1-4-16-15(17-7-9-20-8-5-6-18-20)19-11-13(2)10-14(3)12-19/h5-6,8,13-14H,4,7,9-12H2,1-3H3,(H,16,17). The normalized spacial score (nSPS) is 23.9. The van der Waals surface area contributed by atoms with Gasteiger partial charge in [0.1, 0.15) is 0 Å². The van der Waals surface area contributed by atoms with Gasteiger partial charge in [-0.05, 0) is 31.2 Å². The number of piperidine rings is 1. The Balaban J connectivity index is 1.94. The summed E-state index contributed by atoms with van der Waals surface area (Å²) in [5.41, 5.74) is 0. The third-order valence-electron chi connectivity index (χ3n) is 3.65. The minimum Gasteiger partial charge on any atom is -0.357 e. The highest BCUT2D eigenvalue weighted by atomic mass is 15.3. The minimum atomic E-state index is 0.744. The van der Waals surface area contributed by atoms with Gasteiger partial charge in [0, 0.05) is 32.0 Å². The monoisotopic (exact) mass is 277 g/mol. The summed E-state index contributed by atoms with van der Waals surface area (Å²) in [6.07, 6.45) is 5.11. The zero-order chi connectivity index (χ0) is 14.4. The van der Waals surface area contributed by atoms with Crippen molar-refractivity contribution in [3.05, 3.63) is 18.5 Å². The van der Waals surface area contributed by atoms with Crippen LogP contribution in [-0.4, -0.2) is 46.8 Å². The van der Waals surface area contributed by atoms with E-state index in [0.717, 1.165) is 50.5 Å². The fourth-order valence-corrected chi connectivity index (χ4v) is 2.95. The van der Waals surface area contributed by atoms with Crippen molar-refractivity contribution >= 4 is 5.96 Å². The van der Waals surface area contributed by atoms with Crippen molar-refractivity contribution in [1.29, 1.82) is 0 Å². The number of aromatic nitrogens is 2. The molecule has 1 N–H and O–H groups in total. The Morgan fingerprint density at radius 2 is 2.10 bits per heavy atom. The van der Waals surface area contributed by atoms with Gasteiger partial charge in [-0.1, -0.05) is 13.8 Å². The molecule has 0 aromatic carbocycles.